The highest BCUT2D eigenvalue weighted by Gasteiger charge is 2.25. The highest BCUT2D eigenvalue weighted by molar-refractivity contribution is 5.73. The standard InChI is InChI=1S/C14H19N/c1-4-14(2,3)13-10-15-9-11-7-5-6-8-12(11)13/h5-8,10,15H,4,9H2,1-3H3. The van der Waals surface area contributed by atoms with Crippen LogP contribution in [0, 0.1) is 5.41 Å². The molecule has 1 aromatic carbocycles. The molecule has 0 radical (unpaired) electrons. The van der Waals surface area contributed by atoms with Crippen molar-refractivity contribution in [2.75, 3.05) is 0 Å². The van der Waals surface area contributed by atoms with Crippen LogP contribution in [0.3, 0.4) is 0 Å². The van der Waals surface area contributed by atoms with Crippen molar-refractivity contribution in [3.63, 3.8) is 0 Å². The van der Waals surface area contributed by atoms with Gasteiger partial charge >= 0.3 is 0 Å². The Bertz CT molecular complexity index is 388. The van der Waals surface area contributed by atoms with E-state index in [-0.39, 0.29) is 5.41 Å². The molecule has 1 heterocycles. The first kappa shape index (κ1) is 10.3. The summed E-state index contributed by atoms with van der Waals surface area (Å²) in [6, 6.07) is 8.69. The summed E-state index contributed by atoms with van der Waals surface area (Å²) in [4.78, 5) is 0. The molecule has 1 aliphatic heterocycles. The number of hydrogen-bond donors (Lipinski definition) is 1. The maximum atomic E-state index is 3.37. The zero-order valence-electron chi connectivity index (χ0n) is 9.80. The van der Waals surface area contributed by atoms with Crippen LogP contribution in [0.4, 0.5) is 0 Å². The molecule has 1 aromatic rings. The Morgan fingerprint density at radius 1 is 1.27 bits per heavy atom. The Morgan fingerprint density at radius 3 is 2.73 bits per heavy atom. The quantitative estimate of drug-likeness (QED) is 0.771. The number of hydrogen-bond acceptors (Lipinski definition) is 1. The Labute approximate surface area is 92.2 Å². The fourth-order valence-electron chi connectivity index (χ4n) is 2.03. The first-order valence-corrected chi connectivity index (χ1v) is 5.67. The van der Waals surface area contributed by atoms with Crippen molar-refractivity contribution >= 4 is 5.57 Å². The van der Waals surface area contributed by atoms with Gasteiger partial charge in [-0.25, -0.2) is 0 Å². The molecule has 0 aliphatic carbocycles. The van der Waals surface area contributed by atoms with E-state index >= 15 is 0 Å². The Hall–Kier alpha value is -1.24. The maximum Gasteiger partial charge on any atom is 0.0401 e. The normalized spacial score (nSPS) is 15.3. The van der Waals surface area contributed by atoms with Crippen LogP contribution in [-0.4, -0.2) is 0 Å². The van der Waals surface area contributed by atoms with Gasteiger partial charge in [-0.3, -0.25) is 0 Å². The number of rotatable bonds is 2. The van der Waals surface area contributed by atoms with E-state index in [1.54, 1.807) is 0 Å². The highest BCUT2D eigenvalue weighted by Crippen LogP contribution is 2.39. The number of nitrogens with one attached hydrogen (secondary N) is 1. The van der Waals surface area contributed by atoms with Crippen LogP contribution in [0.5, 0.6) is 0 Å². The molecule has 1 aliphatic rings. The molecule has 0 aromatic heterocycles. The van der Waals surface area contributed by atoms with Gasteiger partial charge in [-0.05, 0) is 28.5 Å². The predicted molar refractivity (Wildman–Crippen MR) is 65.3 cm³/mol. The van der Waals surface area contributed by atoms with Crippen LogP contribution in [0.25, 0.3) is 5.57 Å². The summed E-state index contributed by atoms with van der Waals surface area (Å²) in [5.74, 6) is 0. The molecule has 0 spiro atoms. The monoisotopic (exact) mass is 201 g/mol. The summed E-state index contributed by atoms with van der Waals surface area (Å²) < 4.78 is 0. The molecule has 0 saturated heterocycles. The van der Waals surface area contributed by atoms with Crippen LogP contribution in [0.1, 0.15) is 38.3 Å². The van der Waals surface area contributed by atoms with Gasteiger partial charge in [0.2, 0.25) is 0 Å². The number of benzene rings is 1. The van der Waals surface area contributed by atoms with E-state index in [1.807, 2.05) is 0 Å². The lowest BCUT2D eigenvalue weighted by Gasteiger charge is -2.31. The molecule has 80 valence electrons. The van der Waals surface area contributed by atoms with E-state index in [2.05, 4.69) is 56.6 Å². The van der Waals surface area contributed by atoms with Crippen molar-refractivity contribution in [2.24, 2.45) is 5.41 Å². The number of allylic oxidation sites excluding steroid dienone is 1. The molecule has 15 heavy (non-hydrogen) atoms. The summed E-state index contributed by atoms with van der Waals surface area (Å²) in [6.07, 6.45) is 3.35. The van der Waals surface area contributed by atoms with E-state index < -0.39 is 0 Å². The van der Waals surface area contributed by atoms with Gasteiger partial charge in [0.25, 0.3) is 0 Å². The Kier molecular flexibility index (Phi) is 2.56. The van der Waals surface area contributed by atoms with Crippen molar-refractivity contribution in [1.29, 1.82) is 0 Å². The van der Waals surface area contributed by atoms with Gasteiger partial charge in [0.05, 0.1) is 0 Å². The second kappa shape index (κ2) is 3.73. The van der Waals surface area contributed by atoms with E-state index in [1.165, 1.54) is 16.7 Å². The lowest BCUT2D eigenvalue weighted by molar-refractivity contribution is 0.477. The Morgan fingerprint density at radius 2 is 2.00 bits per heavy atom. The second-order valence-electron chi connectivity index (χ2n) is 4.83. The van der Waals surface area contributed by atoms with E-state index in [0.717, 1.165) is 13.0 Å². The number of fused-ring (bicyclic) bond motifs is 1. The minimum Gasteiger partial charge on any atom is -0.387 e. The largest absolute Gasteiger partial charge is 0.387 e. The summed E-state index contributed by atoms with van der Waals surface area (Å²) in [5, 5.41) is 3.37. The molecule has 1 heteroatoms. The zero-order valence-corrected chi connectivity index (χ0v) is 9.80. The minimum absolute atomic E-state index is 0.253. The maximum absolute atomic E-state index is 3.37. The van der Waals surface area contributed by atoms with Gasteiger partial charge in [-0.1, -0.05) is 45.0 Å². The fourth-order valence-corrected chi connectivity index (χ4v) is 2.03. The van der Waals surface area contributed by atoms with Gasteiger partial charge in [-0.2, -0.15) is 0 Å². The first-order chi connectivity index (χ1) is 7.15. The van der Waals surface area contributed by atoms with Gasteiger partial charge < -0.3 is 5.32 Å². The highest BCUT2D eigenvalue weighted by atomic mass is 14.8. The van der Waals surface area contributed by atoms with E-state index in [9.17, 15) is 0 Å². The summed E-state index contributed by atoms with van der Waals surface area (Å²) in [7, 11) is 0. The van der Waals surface area contributed by atoms with Crippen molar-refractivity contribution in [3.05, 3.63) is 41.6 Å². The third-order valence-corrected chi connectivity index (χ3v) is 3.46. The van der Waals surface area contributed by atoms with Crippen molar-refractivity contribution < 1.29 is 0 Å². The summed E-state index contributed by atoms with van der Waals surface area (Å²) >= 11 is 0. The summed E-state index contributed by atoms with van der Waals surface area (Å²) in [5.41, 5.74) is 4.52. The molecule has 1 nitrogen and oxygen atoms in total. The molecule has 0 bridgehead atoms. The van der Waals surface area contributed by atoms with Crippen LogP contribution in [-0.2, 0) is 6.54 Å². The van der Waals surface area contributed by atoms with Crippen molar-refractivity contribution in [2.45, 2.75) is 33.7 Å². The van der Waals surface area contributed by atoms with Crippen LogP contribution >= 0.6 is 0 Å². The smallest absolute Gasteiger partial charge is 0.0401 e. The lowest BCUT2D eigenvalue weighted by Crippen LogP contribution is -2.21. The van der Waals surface area contributed by atoms with Crippen molar-refractivity contribution in [1.82, 2.24) is 5.32 Å². The average molecular weight is 201 g/mol. The fraction of sp³-hybridized carbons (Fsp3) is 0.429. The molecular weight excluding hydrogens is 182 g/mol. The third-order valence-electron chi connectivity index (χ3n) is 3.46. The van der Waals surface area contributed by atoms with E-state index in [0.29, 0.717) is 0 Å². The second-order valence-corrected chi connectivity index (χ2v) is 4.83. The molecule has 1 N–H and O–H groups in total. The first-order valence-electron chi connectivity index (χ1n) is 5.67. The molecular formula is C14H19N. The summed E-state index contributed by atoms with van der Waals surface area (Å²) in [6.45, 7) is 7.82. The van der Waals surface area contributed by atoms with Crippen molar-refractivity contribution in [3.8, 4) is 0 Å². The molecule has 0 atom stereocenters. The third kappa shape index (κ3) is 1.79. The van der Waals surface area contributed by atoms with Crippen LogP contribution in [0.15, 0.2) is 30.5 Å². The zero-order chi connectivity index (χ0) is 10.9. The predicted octanol–water partition coefficient (Wildman–Crippen LogP) is 3.57. The molecule has 0 amide bonds. The topological polar surface area (TPSA) is 12.0 Å². The van der Waals surface area contributed by atoms with Gasteiger partial charge in [0.15, 0.2) is 0 Å². The van der Waals surface area contributed by atoms with Gasteiger partial charge in [-0.15, -0.1) is 0 Å². The van der Waals surface area contributed by atoms with Crippen LogP contribution < -0.4 is 5.32 Å². The molecule has 2 rings (SSSR count). The Balaban J connectivity index is 2.47. The molecule has 0 saturated carbocycles. The lowest BCUT2D eigenvalue weighted by atomic mass is 9.76. The minimum atomic E-state index is 0.253. The van der Waals surface area contributed by atoms with Gasteiger partial charge in [0, 0.05) is 12.7 Å². The molecule has 0 unspecified atom stereocenters. The van der Waals surface area contributed by atoms with Gasteiger partial charge in [0.1, 0.15) is 0 Å². The SMILES string of the molecule is CCC(C)(C)C1=CNCc2ccccc21. The van der Waals surface area contributed by atoms with E-state index in [4.69, 9.17) is 0 Å². The molecule has 0 fully saturated rings. The average Bonchev–Trinajstić information content (AvgIpc) is 2.28. The van der Waals surface area contributed by atoms with Crippen LogP contribution in [0.2, 0.25) is 0 Å².